The molecule has 1 fully saturated rings. The first kappa shape index (κ1) is 28.7. The van der Waals surface area contributed by atoms with Gasteiger partial charge in [-0.2, -0.15) is 0 Å². The van der Waals surface area contributed by atoms with Gasteiger partial charge in [0.05, 0.1) is 0 Å². The zero-order valence-electron chi connectivity index (χ0n) is 22.9. The number of likely N-dealkylation sites (N-methyl/N-ethyl adjacent to an activating group) is 1. The van der Waals surface area contributed by atoms with Crippen LogP contribution in [0, 0.1) is 19.8 Å². The number of amides is 3. The van der Waals surface area contributed by atoms with Gasteiger partial charge in [-0.15, -0.1) is 0 Å². The molecule has 1 aliphatic rings. The zero-order chi connectivity index (χ0) is 26.3. The van der Waals surface area contributed by atoms with Crippen molar-refractivity contribution in [3.05, 3.63) is 34.9 Å². The number of carbonyl (C=O) groups excluding carboxylic acids is 3. The summed E-state index contributed by atoms with van der Waals surface area (Å²) in [7, 11) is 1.65. The summed E-state index contributed by atoms with van der Waals surface area (Å²) in [5.41, 5.74) is 2.15. The van der Waals surface area contributed by atoms with Gasteiger partial charge >= 0.3 is 6.09 Å². The maximum absolute atomic E-state index is 13.8. The first-order valence-electron chi connectivity index (χ1n) is 13.0. The molecule has 0 heterocycles. The average molecular weight is 488 g/mol. The predicted molar refractivity (Wildman–Crippen MR) is 139 cm³/mol. The average Bonchev–Trinajstić information content (AvgIpc) is 2.75. The smallest absolute Gasteiger partial charge is 0.408 e. The third kappa shape index (κ3) is 8.55. The molecule has 0 bridgehead atoms. The summed E-state index contributed by atoms with van der Waals surface area (Å²) in [5.74, 6) is -0.634. The molecule has 3 atom stereocenters. The highest BCUT2D eigenvalue weighted by atomic mass is 16.6. The molecule has 0 aliphatic heterocycles. The maximum Gasteiger partial charge on any atom is 0.408 e. The lowest BCUT2D eigenvalue weighted by atomic mass is 9.93. The third-order valence-electron chi connectivity index (χ3n) is 6.65. The van der Waals surface area contributed by atoms with Crippen molar-refractivity contribution in [3.63, 3.8) is 0 Å². The van der Waals surface area contributed by atoms with Crippen LogP contribution in [0.15, 0.2) is 18.2 Å². The highest BCUT2D eigenvalue weighted by molar-refractivity contribution is 5.92. The summed E-state index contributed by atoms with van der Waals surface area (Å²) in [5, 5.41) is 5.97. The summed E-state index contributed by atoms with van der Waals surface area (Å²) in [4.78, 5) is 41.5. The van der Waals surface area contributed by atoms with E-state index in [1.807, 2.05) is 45.9 Å². The van der Waals surface area contributed by atoms with E-state index in [1.54, 1.807) is 27.8 Å². The fourth-order valence-corrected chi connectivity index (χ4v) is 4.71. The van der Waals surface area contributed by atoms with Gasteiger partial charge in [0.2, 0.25) is 11.8 Å². The number of nitrogens with zero attached hydrogens (tertiary/aromatic N) is 1. The lowest BCUT2D eigenvalue weighted by Gasteiger charge is -2.35. The molecule has 0 radical (unpaired) electrons. The van der Waals surface area contributed by atoms with Crippen molar-refractivity contribution in [2.24, 2.45) is 5.92 Å². The Hall–Kier alpha value is -2.57. The number of alkyl carbamates (subject to hydrolysis) is 1. The second-order valence-electron chi connectivity index (χ2n) is 11.1. The third-order valence-corrected chi connectivity index (χ3v) is 6.65. The number of benzene rings is 1. The number of ether oxygens (including phenoxy) is 1. The Kier molecular flexibility index (Phi) is 10.2. The molecule has 1 aromatic carbocycles. The van der Waals surface area contributed by atoms with E-state index in [0.29, 0.717) is 6.42 Å². The van der Waals surface area contributed by atoms with Crippen LogP contribution in [0.3, 0.4) is 0 Å². The Morgan fingerprint density at radius 3 is 2.14 bits per heavy atom. The van der Waals surface area contributed by atoms with Gasteiger partial charge in [-0.05, 0) is 58.9 Å². The van der Waals surface area contributed by atoms with Crippen LogP contribution < -0.4 is 10.6 Å². The molecule has 2 N–H and O–H groups in total. The topological polar surface area (TPSA) is 87.7 Å². The van der Waals surface area contributed by atoms with Crippen LogP contribution in [0.25, 0.3) is 0 Å². The van der Waals surface area contributed by atoms with Gasteiger partial charge in [-0.1, -0.05) is 68.9 Å². The second-order valence-corrected chi connectivity index (χ2v) is 11.1. The SMILES string of the molecule is CCC(C)C(NC(=O)OC(C)(C)C)C(=O)N(C)C(C(=O)NC1CCCCC1)c1cc(C)cc(C)c1. The molecule has 0 aromatic heterocycles. The van der Waals surface area contributed by atoms with Gasteiger partial charge in [0.15, 0.2) is 0 Å². The Balaban J connectivity index is 2.37. The monoisotopic (exact) mass is 487 g/mol. The van der Waals surface area contributed by atoms with Gasteiger partial charge in [0.1, 0.15) is 17.7 Å². The van der Waals surface area contributed by atoms with E-state index in [9.17, 15) is 14.4 Å². The number of aryl methyl sites for hydroxylation is 2. The minimum Gasteiger partial charge on any atom is -0.444 e. The lowest BCUT2D eigenvalue weighted by Crippen LogP contribution is -2.54. The van der Waals surface area contributed by atoms with E-state index in [2.05, 4.69) is 10.6 Å². The van der Waals surface area contributed by atoms with Crippen molar-refractivity contribution in [3.8, 4) is 0 Å². The van der Waals surface area contributed by atoms with E-state index in [1.165, 1.54) is 11.3 Å². The fraction of sp³-hybridized carbons (Fsp3) is 0.679. The summed E-state index contributed by atoms with van der Waals surface area (Å²) in [6, 6.07) is 4.49. The van der Waals surface area contributed by atoms with Gasteiger partial charge in [-0.3, -0.25) is 9.59 Å². The van der Waals surface area contributed by atoms with Crippen molar-refractivity contribution in [1.29, 1.82) is 0 Å². The normalized spacial score (nSPS) is 17.1. The van der Waals surface area contributed by atoms with Crippen molar-refractivity contribution in [2.75, 3.05) is 7.05 Å². The summed E-state index contributed by atoms with van der Waals surface area (Å²) in [6.07, 6.45) is 5.35. The molecule has 1 saturated carbocycles. The van der Waals surface area contributed by atoms with Crippen LogP contribution in [0.4, 0.5) is 4.79 Å². The standard InChI is InChI=1S/C28H45N3O4/c1-9-20(4)23(30-27(34)35-28(5,6)7)26(33)31(8)24(21-16-18(2)15-19(3)17-21)25(32)29-22-13-11-10-12-14-22/h15-17,20,22-24H,9-14H2,1-8H3,(H,29,32)(H,30,34). The molecular formula is C28H45N3O4. The lowest BCUT2D eigenvalue weighted by molar-refractivity contribution is -0.142. The number of nitrogens with one attached hydrogen (secondary N) is 2. The highest BCUT2D eigenvalue weighted by Crippen LogP contribution is 2.26. The Bertz CT molecular complexity index is 866. The molecule has 7 heteroatoms. The molecule has 1 aromatic rings. The maximum atomic E-state index is 13.8. The molecule has 3 amide bonds. The van der Waals surface area contributed by atoms with E-state index in [4.69, 9.17) is 4.74 Å². The molecule has 2 rings (SSSR count). The molecule has 196 valence electrons. The number of hydrogen-bond donors (Lipinski definition) is 2. The predicted octanol–water partition coefficient (Wildman–Crippen LogP) is 5.19. The minimum atomic E-state index is -0.810. The van der Waals surface area contributed by atoms with Crippen LogP contribution in [-0.2, 0) is 14.3 Å². The molecule has 7 nitrogen and oxygen atoms in total. The first-order valence-corrected chi connectivity index (χ1v) is 13.0. The number of hydrogen-bond acceptors (Lipinski definition) is 4. The molecule has 35 heavy (non-hydrogen) atoms. The van der Waals surface area contributed by atoms with Crippen LogP contribution in [-0.4, -0.2) is 47.5 Å². The zero-order valence-corrected chi connectivity index (χ0v) is 22.9. The highest BCUT2D eigenvalue weighted by Gasteiger charge is 2.37. The van der Waals surface area contributed by atoms with Crippen LogP contribution in [0.2, 0.25) is 0 Å². The van der Waals surface area contributed by atoms with E-state index in [-0.39, 0.29) is 23.8 Å². The van der Waals surface area contributed by atoms with Crippen molar-refractivity contribution >= 4 is 17.9 Å². The van der Waals surface area contributed by atoms with Crippen LogP contribution >= 0.6 is 0 Å². The largest absolute Gasteiger partial charge is 0.444 e. The van der Waals surface area contributed by atoms with Crippen molar-refractivity contribution in [2.45, 2.75) is 111 Å². The molecule has 3 unspecified atom stereocenters. The van der Waals surface area contributed by atoms with Crippen LogP contribution in [0.1, 0.15) is 95.9 Å². The van der Waals surface area contributed by atoms with Gasteiger partial charge in [-0.25, -0.2) is 4.79 Å². The van der Waals surface area contributed by atoms with E-state index >= 15 is 0 Å². The Labute approximate surface area is 211 Å². The van der Waals surface area contributed by atoms with Gasteiger partial charge in [0.25, 0.3) is 0 Å². The molecule has 0 spiro atoms. The summed E-state index contributed by atoms with van der Waals surface area (Å²) in [6.45, 7) is 13.2. The molecular weight excluding hydrogens is 442 g/mol. The Morgan fingerprint density at radius 2 is 1.63 bits per heavy atom. The van der Waals surface area contributed by atoms with Crippen molar-refractivity contribution < 1.29 is 19.1 Å². The van der Waals surface area contributed by atoms with E-state index in [0.717, 1.165) is 42.4 Å². The summed E-state index contributed by atoms with van der Waals surface area (Å²) < 4.78 is 5.42. The first-order chi connectivity index (χ1) is 16.3. The van der Waals surface area contributed by atoms with Gasteiger partial charge in [0, 0.05) is 13.1 Å². The summed E-state index contributed by atoms with van der Waals surface area (Å²) >= 11 is 0. The second kappa shape index (κ2) is 12.4. The Morgan fingerprint density at radius 1 is 1.06 bits per heavy atom. The molecule has 1 aliphatic carbocycles. The van der Waals surface area contributed by atoms with Crippen LogP contribution in [0.5, 0.6) is 0 Å². The van der Waals surface area contributed by atoms with E-state index < -0.39 is 23.8 Å². The minimum absolute atomic E-state index is 0.124. The fourth-order valence-electron chi connectivity index (χ4n) is 4.71. The number of rotatable bonds is 8. The quantitative estimate of drug-likeness (QED) is 0.528. The van der Waals surface area contributed by atoms with Gasteiger partial charge < -0.3 is 20.3 Å². The van der Waals surface area contributed by atoms with Crippen molar-refractivity contribution in [1.82, 2.24) is 15.5 Å². The molecule has 0 saturated heterocycles. The number of carbonyl (C=O) groups is 3.